The predicted molar refractivity (Wildman–Crippen MR) is 87.8 cm³/mol. The van der Waals surface area contributed by atoms with Crippen LogP contribution >= 0.6 is 0 Å². The van der Waals surface area contributed by atoms with Crippen LogP contribution in [0.3, 0.4) is 0 Å². The maximum Gasteiger partial charge on any atom is 0.309 e. The Morgan fingerprint density at radius 1 is 1.35 bits per heavy atom. The Balaban J connectivity index is 1.61. The molecule has 0 aliphatic carbocycles. The van der Waals surface area contributed by atoms with Crippen molar-refractivity contribution in [1.29, 1.82) is 0 Å². The number of aryl methyl sites for hydroxylation is 1. The Morgan fingerprint density at radius 3 is 2.85 bits per heavy atom. The van der Waals surface area contributed by atoms with E-state index in [2.05, 4.69) is 20.5 Å². The third-order valence-corrected chi connectivity index (χ3v) is 3.44. The second-order valence-corrected chi connectivity index (χ2v) is 5.50. The molecule has 0 atom stereocenters. The number of anilines is 1. The molecule has 1 N–H and O–H groups in total. The number of nitrogens with one attached hydrogen (secondary N) is 1. The Bertz CT molecular complexity index is 966. The zero-order valence-electron chi connectivity index (χ0n) is 13.7. The molecule has 3 aromatic rings. The summed E-state index contributed by atoms with van der Waals surface area (Å²) in [6.45, 7) is 1.57. The summed E-state index contributed by atoms with van der Waals surface area (Å²) in [5.74, 6) is -0.754. The first-order valence-electron chi connectivity index (χ1n) is 7.53. The molecule has 26 heavy (non-hydrogen) atoms. The fourth-order valence-corrected chi connectivity index (χ4v) is 2.33. The zero-order chi connectivity index (χ0) is 18.7. The highest BCUT2D eigenvalue weighted by atomic mass is 19.1. The van der Waals surface area contributed by atoms with Gasteiger partial charge >= 0.3 is 5.69 Å². The summed E-state index contributed by atoms with van der Waals surface area (Å²) in [5.41, 5.74) is 0.766. The normalized spacial score (nSPS) is 10.7. The molecule has 0 spiro atoms. The summed E-state index contributed by atoms with van der Waals surface area (Å²) in [5, 5.41) is 21.3. The molecule has 0 unspecified atom stereocenters. The second-order valence-electron chi connectivity index (χ2n) is 5.50. The van der Waals surface area contributed by atoms with E-state index in [0.29, 0.717) is 12.1 Å². The van der Waals surface area contributed by atoms with Gasteiger partial charge in [-0.15, -0.1) is 5.10 Å². The van der Waals surface area contributed by atoms with Gasteiger partial charge in [0.1, 0.15) is 30.6 Å². The van der Waals surface area contributed by atoms with E-state index >= 15 is 0 Å². The number of amides is 1. The smallest absolute Gasteiger partial charge is 0.292 e. The summed E-state index contributed by atoms with van der Waals surface area (Å²) in [7, 11) is 0. The van der Waals surface area contributed by atoms with Gasteiger partial charge in [-0.3, -0.25) is 24.9 Å². The molecule has 0 bridgehead atoms. The van der Waals surface area contributed by atoms with Crippen LogP contribution in [0.4, 0.5) is 16.0 Å². The van der Waals surface area contributed by atoms with Crippen molar-refractivity contribution >= 4 is 17.5 Å². The van der Waals surface area contributed by atoms with Gasteiger partial charge in [0, 0.05) is 0 Å². The van der Waals surface area contributed by atoms with E-state index in [1.165, 1.54) is 40.9 Å². The average molecular weight is 359 g/mol. The molecule has 11 heteroatoms. The molecule has 2 aromatic heterocycles. The molecule has 10 nitrogen and oxygen atoms in total. The number of hydrogen-bond acceptors (Lipinski definition) is 6. The lowest BCUT2D eigenvalue weighted by molar-refractivity contribution is -0.385. The van der Waals surface area contributed by atoms with Crippen molar-refractivity contribution in [3.05, 3.63) is 64.0 Å². The van der Waals surface area contributed by atoms with Crippen LogP contribution in [0.5, 0.6) is 0 Å². The van der Waals surface area contributed by atoms with Crippen LogP contribution in [-0.4, -0.2) is 35.4 Å². The van der Waals surface area contributed by atoms with Crippen LogP contribution in [0.2, 0.25) is 0 Å². The monoisotopic (exact) mass is 359 g/mol. The first-order chi connectivity index (χ1) is 12.4. The third kappa shape index (κ3) is 4.06. The molecule has 2 heterocycles. The van der Waals surface area contributed by atoms with E-state index < -0.39 is 10.8 Å². The summed E-state index contributed by atoms with van der Waals surface area (Å²) < 4.78 is 15.8. The number of rotatable bonds is 6. The van der Waals surface area contributed by atoms with Crippen LogP contribution in [0.15, 0.2) is 36.8 Å². The fraction of sp³-hybridized carbons (Fsp3) is 0.200. The van der Waals surface area contributed by atoms with Crippen molar-refractivity contribution in [2.24, 2.45) is 0 Å². The molecule has 0 saturated carbocycles. The molecule has 0 fully saturated rings. The van der Waals surface area contributed by atoms with Gasteiger partial charge in [-0.2, -0.15) is 5.10 Å². The molecule has 1 aromatic carbocycles. The molecule has 3 rings (SSSR count). The van der Waals surface area contributed by atoms with Crippen LogP contribution < -0.4 is 5.32 Å². The highest BCUT2D eigenvalue weighted by molar-refractivity contribution is 5.88. The van der Waals surface area contributed by atoms with Gasteiger partial charge in [0.2, 0.25) is 11.9 Å². The number of halogens is 1. The number of carbonyl (C=O) groups excluding carboxylic acids is 1. The number of aromatic nitrogens is 5. The van der Waals surface area contributed by atoms with Crippen LogP contribution in [-0.2, 0) is 17.9 Å². The first-order valence-corrected chi connectivity index (χ1v) is 7.53. The van der Waals surface area contributed by atoms with E-state index in [1.807, 2.05) is 0 Å². The van der Waals surface area contributed by atoms with Gasteiger partial charge in [-0.25, -0.2) is 14.1 Å². The highest BCUT2D eigenvalue weighted by Gasteiger charge is 2.17. The van der Waals surface area contributed by atoms with E-state index in [1.54, 1.807) is 12.1 Å². The molecule has 134 valence electrons. The number of benzene rings is 1. The Morgan fingerprint density at radius 2 is 2.15 bits per heavy atom. The summed E-state index contributed by atoms with van der Waals surface area (Å²) >= 11 is 0. The van der Waals surface area contributed by atoms with Crippen molar-refractivity contribution in [2.75, 3.05) is 5.32 Å². The lowest BCUT2D eigenvalue weighted by atomic mass is 10.2. The molecule has 0 aliphatic rings. The van der Waals surface area contributed by atoms with E-state index in [4.69, 9.17) is 0 Å². The molecule has 1 amide bonds. The van der Waals surface area contributed by atoms with Gasteiger partial charge in [0.05, 0.1) is 11.5 Å². The minimum atomic E-state index is -0.563. The van der Waals surface area contributed by atoms with Gasteiger partial charge < -0.3 is 0 Å². The van der Waals surface area contributed by atoms with Gasteiger partial charge in [-0.1, -0.05) is 12.1 Å². The van der Waals surface area contributed by atoms with Crippen LogP contribution in [0, 0.1) is 22.9 Å². The van der Waals surface area contributed by atoms with E-state index in [0.717, 1.165) is 0 Å². The lowest BCUT2D eigenvalue weighted by Gasteiger charge is -2.02. The van der Waals surface area contributed by atoms with E-state index in [9.17, 15) is 19.3 Å². The van der Waals surface area contributed by atoms with Gasteiger partial charge in [0.15, 0.2) is 0 Å². The molecular weight excluding hydrogens is 345 g/mol. The second kappa shape index (κ2) is 7.09. The average Bonchev–Trinajstić information content (AvgIpc) is 3.13. The zero-order valence-corrected chi connectivity index (χ0v) is 13.7. The third-order valence-electron chi connectivity index (χ3n) is 3.44. The number of carbonyl (C=O) groups is 1. The van der Waals surface area contributed by atoms with Crippen molar-refractivity contribution < 1.29 is 14.1 Å². The summed E-state index contributed by atoms with van der Waals surface area (Å²) in [4.78, 5) is 26.2. The lowest BCUT2D eigenvalue weighted by Crippen LogP contribution is -2.20. The fourth-order valence-electron chi connectivity index (χ4n) is 2.33. The Kier molecular flexibility index (Phi) is 4.69. The largest absolute Gasteiger partial charge is 0.309 e. The van der Waals surface area contributed by atoms with Crippen molar-refractivity contribution in [1.82, 2.24) is 24.5 Å². The predicted octanol–water partition coefficient (Wildman–Crippen LogP) is 1.52. The number of nitro groups is 1. The minimum absolute atomic E-state index is 0.0739. The minimum Gasteiger partial charge on any atom is -0.292 e. The maximum absolute atomic E-state index is 13.2. The van der Waals surface area contributed by atoms with Gasteiger partial charge in [-0.05, 0) is 24.6 Å². The topological polar surface area (TPSA) is 121 Å². The SMILES string of the molecule is Cc1nn(CC(=O)Nc2ncn(Cc3cccc(F)c3)n2)cc1[N+](=O)[O-]. The summed E-state index contributed by atoms with van der Waals surface area (Å²) in [6, 6.07) is 6.07. The quantitative estimate of drug-likeness (QED) is 0.526. The maximum atomic E-state index is 13.2. The Labute approximate surface area is 146 Å². The molecule has 0 aliphatic heterocycles. The highest BCUT2D eigenvalue weighted by Crippen LogP contribution is 2.15. The number of hydrogen-bond donors (Lipinski definition) is 1. The van der Waals surface area contributed by atoms with Crippen LogP contribution in [0.1, 0.15) is 11.3 Å². The molecule has 0 saturated heterocycles. The van der Waals surface area contributed by atoms with Crippen molar-refractivity contribution in [2.45, 2.75) is 20.0 Å². The van der Waals surface area contributed by atoms with Crippen molar-refractivity contribution in [3.8, 4) is 0 Å². The van der Waals surface area contributed by atoms with Crippen LogP contribution in [0.25, 0.3) is 0 Å². The standard InChI is InChI=1S/C15H14FN7O3/c1-10-13(23(25)26)7-21(19-10)8-14(24)18-15-17-9-22(20-15)6-11-3-2-4-12(16)5-11/h2-5,7,9H,6,8H2,1H3,(H,18,20,24). The molecular formula is C15H14FN7O3. The van der Waals surface area contributed by atoms with Gasteiger partial charge in [0.25, 0.3) is 0 Å². The first kappa shape index (κ1) is 17.2. The van der Waals surface area contributed by atoms with Crippen molar-refractivity contribution in [3.63, 3.8) is 0 Å². The molecule has 0 radical (unpaired) electrons. The Hall–Kier alpha value is -3.63. The van der Waals surface area contributed by atoms with E-state index in [-0.39, 0.29) is 29.7 Å². The summed E-state index contributed by atoms with van der Waals surface area (Å²) in [6.07, 6.45) is 2.59. The number of nitrogens with zero attached hydrogens (tertiary/aromatic N) is 6.